The standard InChI is InChI=1S/C10H13NO2/c1-7-6-9(12)13-10(7)8-4-3-5-11(8)2/h3-5,7,10H,6H2,1-2H3/t7-,10+/m0/s1. The number of aromatic nitrogens is 1. The second-order valence-corrected chi connectivity index (χ2v) is 3.64. The summed E-state index contributed by atoms with van der Waals surface area (Å²) in [6.07, 6.45) is 2.46. The van der Waals surface area contributed by atoms with E-state index in [1.54, 1.807) is 0 Å². The van der Waals surface area contributed by atoms with Crippen LogP contribution in [0.3, 0.4) is 0 Å². The maximum absolute atomic E-state index is 11.0. The van der Waals surface area contributed by atoms with Gasteiger partial charge in [-0.2, -0.15) is 0 Å². The fourth-order valence-corrected chi connectivity index (χ4v) is 1.80. The number of ether oxygens (including phenoxy) is 1. The van der Waals surface area contributed by atoms with Gasteiger partial charge in [-0.1, -0.05) is 6.92 Å². The highest BCUT2D eigenvalue weighted by molar-refractivity contribution is 5.72. The SMILES string of the molecule is C[C@H]1CC(=O)O[C@H]1c1cccn1C. The summed E-state index contributed by atoms with van der Waals surface area (Å²) in [6.45, 7) is 2.04. The monoisotopic (exact) mass is 179 g/mol. The molecule has 0 radical (unpaired) electrons. The number of nitrogens with zero attached hydrogens (tertiary/aromatic N) is 1. The number of rotatable bonds is 1. The van der Waals surface area contributed by atoms with E-state index in [0.717, 1.165) is 5.69 Å². The Morgan fingerprint density at radius 3 is 2.85 bits per heavy atom. The summed E-state index contributed by atoms with van der Waals surface area (Å²) in [5.74, 6) is 0.208. The van der Waals surface area contributed by atoms with Crippen molar-refractivity contribution >= 4 is 5.97 Å². The highest BCUT2D eigenvalue weighted by Crippen LogP contribution is 2.34. The van der Waals surface area contributed by atoms with E-state index in [-0.39, 0.29) is 12.1 Å². The van der Waals surface area contributed by atoms with Crippen molar-refractivity contribution in [2.45, 2.75) is 19.4 Å². The van der Waals surface area contributed by atoms with Crippen LogP contribution in [-0.2, 0) is 16.6 Å². The molecule has 0 bridgehead atoms. The van der Waals surface area contributed by atoms with Gasteiger partial charge in [-0.15, -0.1) is 0 Å². The predicted molar refractivity (Wildman–Crippen MR) is 48.0 cm³/mol. The van der Waals surface area contributed by atoms with Crippen LogP contribution < -0.4 is 0 Å². The second-order valence-electron chi connectivity index (χ2n) is 3.64. The lowest BCUT2D eigenvalue weighted by atomic mass is 10.0. The van der Waals surface area contributed by atoms with Crippen molar-refractivity contribution in [2.24, 2.45) is 13.0 Å². The van der Waals surface area contributed by atoms with Gasteiger partial charge in [0.2, 0.25) is 0 Å². The zero-order chi connectivity index (χ0) is 9.42. The summed E-state index contributed by atoms with van der Waals surface area (Å²) >= 11 is 0. The van der Waals surface area contributed by atoms with Gasteiger partial charge in [0.05, 0.1) is 12.1 Å². The second kappa shape index (κ2) is 2.91. The van der Waals surface area contributed by atoms with Crippen molar-refractivity contribution in [3.8, 4) is 0 Å². The molecule has 0 aliphatic carbocycles. The van der Waals surface area contributed by atoms with E-state index in [9.17, 15) is 4.79 Å². The van der Waals surface area contributed by atoms with Crippen LogP contribution in [0.25, 0.3) is 0 Å². The first-order chi connectivity index (χ1) is 6.18. The zero-order valence-electron chi connectivity index (χ0n) is 7.86. The summed E-state index contributed by atoms with van der Waals surface area (Å²) in [5.41, 5.74) is 1.08. The Morgan fingerprint density at radius 1 is 1.62 bits per heavy atom. The molecule has 1 aliphatic heterocycles. The lowest BCUT2D eigenvalue weighted by Crippen LogP contribution is -2.08. The van der Waals surface area contributed by atoms with E-state index in [0.29, 0.717) is 12.3 Å². The summed E-state index contributed by atoms with van der Waals surface area (Å²) in [5, 5.41) is 0. The summed E-state index contributed by atoms with van der Waals surface area (Å²) in [6, 6.07) is 3.97. The Hall–Kier alpha value is -1.25. The first-order valence-corrected chi connectivity index (χ1v) is 4.49. The van der Waals surface area contributed by atoms with E-state index in [1.807, 2.05) is 36.9 Å². The van der Waals surface area contributed by atoms with Gasteiger partial charge < -0.3 is 9.30 Å². The minimum Gasteiger partial charge on any atom is -0.456 e. The molecule has 0 spiro atoms. The number of cyclic esters (lactones) is 1. The van der Waals surface area contributed by atoms with E-state index < -0.39 is 0 Å². The van der Waals surface area contributed by atoms with Crippen LogP contribution in [0, 0.1) is 5.92 Å². The van der Waals surface area contributed by atoms with Crippen LogP contribution in [0.4, 0.5) is 0 Å². The third-order valence-corrected chi connectivity index (χ3v) is 2.54. The molecular weight excluding hydrogens is 166 g/mol. The van der Waals surface area contributed by atoms with E-state index in [2.05, 4.69) is 0 Å². The van der Waals surface area contributed by atoms with Gasteiger partial charge in [-0.25, -0.2) is 0 Å². The quantitative estimate of drug-likeness (QED) is 0.614. The van der Waals surface area contributed by atoms with Crippen molar-refractivity contribution < 1.29 is 9.53 Å². The fraction of sp³-hybridized carbons (Fsp3) is 0.500. The van der Waals surface area contributed by atoms with E-state index in [4.69, 9.17) is 4.74 Å². The first-order valence-electron chi connectivity index (χ1n) is 4.49. The molecule has 0 amide bonds. The molecule has 1 saturated heterocycles. The fourth-order valence-electron chi connectivity index (χ4n) is 1.80. The van der Waals surface area contributed by atoms with Gasteiger partial charge in [-0.3, -0.25) is 4.79 Å². The van der Waals surface area contributed by atoms with Crippen LogP contribution in [0.2, 0.25) is 0 Å². The Balaban J connectivity index is 2.27. The highest BCUT2D eigenvalue weighted by atomic mass is 16.6. The largest absolute Gasteiger partial charge is 0.456 e. The van der Waals surface area contributed by atoms with Crippen molar-refractivity contribution in [3.63, 3.8) is 0 Å². The van der Waals surface area contributed by atoms with Crippen molar-refractivity contribution in [2.75, 3.05) is 0 Å². The molecule has 0 N–H and O–H groups in total. The Kier molecular flexibility index (Phi) is 1.87. The molecule has 70 valence electrons. The number of carbonyl (C=O) groups is 1. The first kappa shape index (κ1) is 8.35. The number of esters is 1. The average Bonchev–Trinajstić information content (AvgIpc) is 2.58. The third-order valence-electron chi connectivity index (χ3n) is 2.54. The van der Waals surface area contributed by atoms with E-state index in [1.165, 1.54) is 0 Å². The number of carbonyl (C=O) groups excluding carboxylic acids is 1. The van der Waals surface area contributed by atoms with Gasteiger partial charge in [0.1, 0.15) is 6.10 Å². The molecule has 1 aromatic rings. The molecule has 3 heteroatoms. The average molecular weight is 179 g/mol. The lowest BCUT2D eigenvalue weighted by molar-refractivity contribution is -0.142. The Bertz CT molecular complexity index is 329. The van der Waals surface area contributed by atoms with Crippen LogP contribution in [0.1, 0.15) is 25.1 Å². The van der Waals surface area contributed by atoms with Gasteiger partial charge in [-0.05, 0) is 12.1 Å². The summed E-state index contributed by atoms with van der Waals surface area (Å²) < 4.78 is 7.24. The Morgan fingerprint density at radius 2 is 2.38 bits per heavy atom. The molecule has 0 saturated carbocycles. The van der Waals surface area contributed by atoms with Crippen LogP contribution in [0.5, 0.6) is 0 Å². The van der Waals surface area contributed by atoms with Crippen LogP contribution >= 0.6 is 0 Å². The predicted octanol–water partition coefficient (Wildman–Crippen LogP) is 1.65. The highest BCUT2D eigenvalue weighted by Gasteiger charge is 2.33. The van der Waals surface area contributed by atoms with E-state index >= 15 is 0 Å². The minimum absolute atomic E-state index is 0.0486. The topological polar surface area (TPSA) is 31.2 Å². The molecular formula is C10H13NO2. The van der Waals surface area contributed by atoms with Gasteiger partial charge in [0.15, 0.2) is 0 Å². The molecule has 2 heterocycles. The van der Waals surface area contributed by atoms with Crippen LogP contribution in [0.15, 0.2) is 18.3 Å². The van der Waals surface area contributed by atoms with Crippen molar-refractivity contribution in [1.82, 2.24) is 4.57 Å². The zero-order valence-corrected chi connectivity index (χ0v) is 7.86. The van der Waals surface area contributed by atoms with Crippen molar-refractivity contribution in [3.05, 3.63) is 24.0 Å². The maximum Gasteiger partial charge on any atom is 0.306 e. The molecule has 0 unspecified atom stereocenters. The third kappa shape index (κ3) is 1.34. The Labute approximate surface area is 77.3 Å². The molecule has 13 heavy (non-hydrogen) atoms. The molecule has 2 atom stereocenters. The van der Waals surface area contributed by atoms with Crippen LogP contribution in [-0.4, -0.2) is 10.5 Å². The van der Waals surface area contributed by atoms with Crippen molar-refractivity contribution in [1.29, 1.82) is 0 Å². The van der Waals surface area contributed by atoms with Gasteiger partial charge in [0, 0.05) is 19.2 Å². The molecule has 1 aromatic heterocycles. The number of hydrogen-bond acceptors (Lipinski definition) is 2. The molecule has 1 aliphatic rings. The summed E-state index contributed by atoms with van der Waals surface area (Å²) in [4.78, 5) is 11.0. The van der Waals surface area contributed by atoms with Gasteiger partial charge >= 0.3 is 5.97 Å². The van der Waals surface area contributed by atoms with Gasteiger partial charge in [0.25, 0.3) is 0 Å². The normalized spacial score (nSPS) is 27.7. The number of hydrogen-bond donors (Lipinski definition) is 0. The lowest BCUT2D eigenvalue weighted by Gasteiger charge is -2.14. The molecule has 3 nitrogen and oxygen atoms in total. The maximum atomic E-state index is 11.0. The number of aryl methyl sites for hydroxylation is 1. The summed E-state index contributed by atoms with van der Waals surface area (Å²) in [7, 11) is 1.97. The smallest absolute Gasteiger partial charge is 0.306 e. The molecule has 2 rings (SSSR count). The molecule has 0 aromatic carbocycles. The molecule has 1 fully saturated rings. The minimum atomic E-state index is -0.0845.